The van der Waals surface area contributed by atoms with Crippen molar-refractivity contribution in [3.63, 3.8) is 0 Å². The lowest BCUT2D eigenvalue weighted by Gasteiger charge is -2.43. The van der Waals surface area contributed by atoms with Gasteiger partial charge in [0.05, 0.1) is 6.61 Å². The van der Waals surface area contributed by atoms with Gasteiger partial charge in [-0.1, -0.05) is 32.4 Å². The fourth-order valence-electron chi connectivity index (χ4n) is 4.00. The van der Waals surface area contributed by atoms with Crippen LogP contribution in [0.25, 0.3) is 0 Å². The topological polar surface area (TPSA) is 66.4 Å². The quantitative estimate of drug-likeness (QED) is 0.770. The number of aliphatic carboxylic acids is 1. The van der Waals surface area contributed by atoms with Gasteiger partial charge in [-0.15, -0.1) is 0 Å². The van der Waals surface area contributed by atoms with Gasteiger partial charge in [-0.25, -0.2) is 0 Å². The summed E-state index contributed by atoms with van der Waals surface area (Å²) in [5, 5.41) is 11.3. The molecule has 3 unspecified atom stereocenters. The minimum atomic E-state index is -1.14. The molecule has 0 aliphatic heterocycles. The van der Waals surface area contributed by atoms with Gasteiger partial charge in [-0.2, -0.15) is 0 Å². The first-order valence-corrected chi connectivity index (χ1v) is 8.90. The first kappa shape index (κ1) is 18.5. The van der Waals surface area contributed by atoms with Crippen molar-refractivity contribution in [2.45, 2.75) is 58.3 Å². The number of hydrogen-bond acceptors (Lipinski definition) is 4. The van der Waals surface area contributed by atoms with Crippen molar-refractivity contribution in [1.82, 2.24) is 0 Å². The van der Waals surface area contributed by atoms with Crippen LogP contribution in [0.3, 0.4) is 0 Å². The second-order valence-corrected chi connectivity index (χ2v) is 6.88. The monoisotopic (exact) mass is 331 g/mol. The Kier molecular flexibility index (Phi) is 6.03. The van der Waals surface area contributed by atoms with Crippen molar-refractivity contribution in [1.29, 1.82) is 0 Å². The van der Waals surface area contributed by atoms with E-state index in [0.29, 0.717) is 19.4 Å². The highest BCUT2D eigenvalue weighted by atomic mass is 16.5. The lowest BCUT2D eigenvalue weighted by molar-refractivity contribution is -0.312. The molecule has 1 aromatic carbocycles. The summed E-state index contributed by atoms with van der Waals surface area (Å²) in [5.74, 6) is -1.47. The molecule has 0 bridgehead atoms. The van der Waals surface area contributed by atoms with Gasteiger partial charge in [0.15, 0.2) is 0 Å². The van der Waals surface area contributed by atoms with E-state index in [1.807, 2.05) is 19.1 Å². The first-order valence-electron chi connectivity index (χ1n) is 8.90. The van der Waals surface area contributed by atoms with Gasteiger partial charge < -0.3 is 14.6 Å². The summed E-state index contributed by atoms with van der Waals surface area (Å²) >= 11 is 0. The summed E-state index contributed by atoms with van der Waals surface area (Å²) in [5.41, 5.74) is 0.989. The number of hydrogen-bond donors (Lipinski definition) is 0. The number of ketones is 1. The van der Waals surface area contributed by atoms with Crippen LogP contribution in [0.15, 0.2) is 24.3 Å². The zero-order chi connectivity index (χ0) is 17.7. The van der Waals surface area contributed by atoms with E-state index >= 15 is 0 Å². The average molecular weight is 331 g/mol. The van der Waals surface area contributed by atoms with Crippen LogP contribution < -0.4 is 9.84 Å². The predicted octanol–water partition coefficient (Wildman–Crippen LogP) is 2.88. The standard InChI is InChI=1S/C20H28O4/c1-4-10-20(15-7-6-8-16(12-15)24-5-2)11-9-18(21)17(13-20)14(3)19(22)23/h6-8,12,14,17H,4-5,9-11,13H2,1-3H3,(H,22,23)/p-1. The molecular formula is C20H27O4-. The van der Waals surface area contributed by atoms with Crippen LogP contribution in [0.5, 0.6) is 5.75 Å². The van der Waals surface area contributed by atoms with Crippen LogP contribution in [-0.2, 0) is 15.0 Å². The third-order valence-corrected chi connectivity index (χ3v) is 5.34. The number of carboxylic acids is 1. The minimum absolute atomic E-state index is 0.0550. The van der Waals surface area contributed by atoms with E-state index in [1.165, 1.54) is 0 Å². The summed E-state index contributed by atoms with van der Waals surface area (Å²) in [7, 11) is 0. The number of benzene rings is 1. The highest BCUT2D eigenvalue weighted by molar-refractivity contribution is 5.86. The fourth-order valence-corrected chi connectivity index (χ4v) is 4.00. The second-order valence-electron chi connectivity index (χ2n) is 6.88. The van der Waals surface area contributed by atoms with Crippen molar-refractivity contribution < 1.29 is 19.4 Å². The lowest BCUT2D eigenvalue weighted by Crippen LogP contribution is -2.44. The zero-order valence-electron chi connectivity index (χ0n) is 14.8. The fraction of sp³-hybridized carbons (Fsp3) is 0.600. The normalized spacial score (nSPS) is 25.3. The molecular weight excluding hydrogens is 304 g/mol. The molecule has 0 aromatic heterocycles. The first-order chi connectivity index (χ1) is 11.4. The van der Waals surface area contributed by atoms with Crippen LogP contribution in [0.4, 0.5) is 0 Å². The zero-order valence-corrected chi connectivity index (χ0v) is 14.8. The molecule has 4 nitrogen and oxygen atoms in total. The number of carbonyl (C=O) groups is 2. The number of carboxylic acid groups (broad SMARTS) is 1. The maximum absolute atomic E-state index is 12.3. The smallest absolute Gasteiger partial charge is 0.136 e. The second kappa shape index (κ2) is 7.82. The molecule has 132 valence electrons. The predicted molar refractivity (Wildman–Crippen MR) is 90.7 cm³/mol. The van der Waals surface area contributed by atoms with Crippen LogP contribution >= 0.6 is 0 Å². The van der Waals surface area contributed by atoms with E-state index in [1.54, 1.807) is 6.92 Å². The maximum atomic E-state index is 12.3. The Morgan fingerprint density at radius 1 is 1.42 bits per heavy atom. The van der Waals surface area contributed by atoms with E-state index in [-0.39, 0.29) is 11.2 Å². The molecule has 0 amide bonds. The molecule has 4 heteroatoms. The summed E-state index contributed by atoms with van der Waals surface area (Å²) in [6.45, 7) is 6.27. The third-order valence-electron chi connectivity index (χ3n) is 5.34. The van der Waals surface area contributed by atoms with Crippen LogP contribution in [0.2, 0.25) is 0 Å². The lowest BCUT2D eigenvalue weighted by atomic mass is 9.61. The van der Waals surface area contributed by atoms with Gasteiger partial charge in [-0.05, 0) is 49.3 Å². The van der Waals surface area contributed by atoms with E-state index in [9.17, 15) is 14.7 Å². The molecule has 0 N–H and O–H groups in total. The molecule has 0 heterocycles. The third kappa shape index (κ3) is 3.80. The number of ether oxygens (including phenoxy) is 1. The SMILES string of the molecule is CCCC1(c2cccc(OCC)c2)CCC(=O)C(C(C)C(=O)[O-])C1. The highest BCUT2D eigenvalue weighted by Gasteiger charge is 2.43. The Hall–Kier alpha value is -1.84. The average Bonchev–Trinajstić information content (AvgIpc) is 2.57. The van der Waals surface area contributed by atoms with Crippen molar-refractivity contribution in [2.75, 3.05) is 6.61 Å². The summed E-state index contributed by atoms with van der Waals surface area (Å²) in [6.07, 6.45) is 3.70. The molecule has 24 heavy (non-hydrogen) atoms. The molecule has 2 rings (SSSR count). The largest absolute Gasteiger partial charge is 0.550 e. The molecule has 1 aromatic rings. The number of rotatable bonds is 7. The Balaban J connectivity index is 2.38. The van der Waals surface area contributed by atoms with Crippen LogP contribution in [0, 0.1) is 11.8 Å². The van der Waals surface area contributed by atoms with Gasteiger partial charge in [0.2, 0.25) is 0 Å². The molecule has 1 aliphatic rings. The summed E-state index contributed by atoms with van der Waals surface area (Å²) in [6, 6.07) is 8.04. The molecule has 0 saturated heterocycles. The number of Topliss-reactive ketones (excluding diaryl/α,β-unsaturated/α-hetero) is 1. The summed E-state index contributed by atoms with van der Waals surface area (Å²) < 4.78 is 5.62. The molecule has 0 radical (unpaired) electrons. The van der Waals surface area contributed by atoms with Crippen molar-refractivity contribution >= 4 is 11.8 Å². The maximum Gasteiger partial charge on any atom is 0.136 e. The molecule has 1 aliphatic carbocycles. The van der Waals surface area contributed by atoms with E-state index < -0.39 is 17.8 Å². The van der Waals surface area contributed by atoms with Gasteiger partial charge in [0.25, 0.3) is 0 Å². The Bertz CT molecular complexity index is 595. The van der Waals surface area contributed by atoms with Crippen LogP contribution in [0.1, 0.15) is 58.4 Å². The minimum Gasteiger partial charge on any atom is -0.550 e. The van der Waals surface area contributed by atoms with Gasteiger partial charge in [0, 0.05) is 24.2 Å². The molecule has 3 atom stereocenters. The Morgan fingerprint density at radius 3 is 2.79 bits per heavy atom. The van der Waals surface area contributed by atoms with E-state index in [0.717, 1.165) is 30.6 Å². The molecule has 0 spiro atoms. The van der Waals surface area contributed by atoms with Crippen molar-refractivity contribution in [3.8, 4) is 5.75 Å². The summed E-state index contributed by atoms with van der Waals surface area (Å²) in [4.78, 5) is 23.6. The van der Waals surface area contributed by atoms with Gasteiger partial charge in [0.1, 0.15) is 11.5 Å². The van der Waals surface area contributed by atoms with Crippen molar-refractivity contribution in [2.24, 2.45) is 11.8 Å². The van der Waals surface area contributed by atoms with E-state index in [2.05, 4.69) is 19.1 Å². The van der Waals surface area contributed by atoms with Gasteiger partial charge in [-0.3, -0.25) is 4.79 Å². The van der Waals surface area contributed by atoms with Crippen LogP contribution in [-0.4, -0.2) is 18.4 Å². The number of carbonyl (C=O) groups excluding carboxylic acids is 2. The molecule has 1 fully saturated rings. The van der Waals surface area contributed by atoms with Crippen molar-refractivity contribution in [3.05, 3.63) is 29.8 Å². The Labute approximate surface area is 144 Å². The van der Waals surface area contributed by atoms with Gasteiger partial charge >= 0.3 is 0 Å². The Morgan fingerprint density at radius 2 is 2.17 bits per heavy atom. The van der Waals surface area contributed by atoms with E-state index in [4.69, 9.17) is 4.74 Å². The molecule has 1 saturated carbocycles. The highest BCUT2D eigenvalue weighted by Crippen LogP contribution is 2.46.